The highest BCUT2D eigenvalue weighted by molar-refractivity contribution is 9.10. The van der Waals surface area contributed by atoms with Gasteiger partial charge in [-0.2, -0.15) is 0 Å². The van der Waals surface area contributed by atoms with E-state index in [1.54, 1.807) is 6.92 Å². The SMILES string of the molecule is Cc1cc(Br)c(F)cc1NS(=O)(=O)c1ccc(CO)s1. The second kappa shape index (κ2) is 5.80. The van der Waals surface area contributed by atoms with E-state index in [-0.39, 0.29) is 21.0 Å². The van der Waals surface area contributed by atoms with Gasteiger partial charge in [0.25, 0.3) is 10.0 Å². The Balaban J connectivity index is 2.35. The van der Waals surface area contributed by atoms with Gasteiger partial charge < -0.3 is 5.11 Å². The summed E-state index contributed by atoms with van der Waals surface area (Å²) >= 11 is 4.01. The predicted molar refractivity (Wildman–Crippen MR) is 79.9 cm³/mol. The number of hydrogen-bond acceptors (Lipinski definition) is 4. The van der Waals surface area contributed by atoms with Gasteiger partial charge in [0.1, 0.15) is 10.0 Å². The molecule has 0 aliphatic carbocycles. The highest BCUT2D eigenvalue weighted by atomic mass is 79.9. The molecule has 0 aliphatic rings. The first-order valence-corrected chi connectivity index (χ1v) is 8.61. The monoisotopic (exact) mass is 379 g/mol. The number of aliphatic hydroxyl groups excluding tert-OH is 1. The largest absolute Gasteiger partial charge is 0.391 e. The van der Waals surface area contributed by atoms with Crippen molar-refractivity contribution in [3.05, 3.63) is 45.0 Å². The van der Waals surface area contributed by atoms with E-state index in [4.69, 9.17) is 5.11 Å². The van der Waals surface area contributed by atoms with E-state index >= 15 is 0 Å². The van der Waals surface area contributed by atoms with Gasteiger partial charge in [-0.15, -0.1) is 11.3 Å². The van der Waals surface area contributed by atoms with Gasteiger partial charge in [0.05, 0.1) is 16.8 Å². The van der Waals surface area contributed by atoms with Crippen molar-refractivity contribution in [2.24, 2.45) is 0 Å². The van der Waals surface area contributed by atoms with E-state index in [0.717, 1.165) is 17.4 Å². The van der Waals surface area contributed by atoms with E-state index in [9.17, 15) is 12.8 Å². The summed E-state index contributed by atoms with van der Waals surface area (Å²) in [4.78, 5) is 0.545. The fourth-order valence-corrected chi connectivity index (χ4v) is 4.33. The highest BCUT2D eigenvalue weighted by Gasteiger charge is 2.18. The van der Waals surface area contributed by atoms with E-state index in [2.05, 4.69) is 20.7 Å². The van der Waals surface area contributed by atoms with Crippen LogP contribution in [-0.2, 0) is 16.6 Å². The van der Waals surface area contributed by atoms with Crippen molar-refractivity contribution < 1.29 is 17.9 Å². The standard InChI is InChI=1S/C12H11BrFNO3S2/c1-7-4-9(13)10(14)5-11(7)15-20(17,18)12-3-2-8(6-16)19-12/h2-5,15-16H,6H2,1H3. The molecule has 2 aromatic rings. The van der Waals surface area contributed by atoms with Crippen LogP contribution >= 0.6 is 27.3 Å². The van der Waals surface area contributed by atoms with Crippen LogP contribution in [0.1, 0.15) is 10.4 Å². The van der Waals surface area contributed by atoms with Gasteiger partial charge in [-0.25, -0.2) is 12.8 Å². The number of thiophene rings is 1. The van der Waals surface area contributed by atoms with Crippen LogP contribution in [-0.4, -0.2) is 13.5 Å². The third-order valence-corrected chi connectivity index (χ3v) is 6.10. The smallest absolute Gasteiger partial charge is 0.271 e. The molecule has 0 bridgehead atoms. The summed E-state index contributed by atoms with van der Waals surface area (Å²) in [6, 6.07) is 5.57. The van der Waals surface area contributed by atoms with Crippen LogP contribution < -0.4 is 4.72 Å². The molecule has 2 rings (SSSR count). The van der Waals surface area contributed by atoms with E-state index in [1.165, 1.54) is 18.2 Å². The second-order valence-electron chi connectivity index (χ2n) is 4.07. The van der Waals surface area contributed by atoms with Crippen molar-refractivity contribution in [1.82, 2.24) is 0 Å². The molecule has 1 heterocycles. The maximum Gasteiger partial charge on any atom is 0.271 e. The minimum atomic E-state index is -3.78. The minimum Gasteiger partial charge on any atom is -0.391 e. The zero-order chi connectivity index (χ0) is 14.9. The van der Waals surface area contributed by atoms with Gasteiger partial charge in [-0.1, -0.05) is 0 Å². The van der Waals surface area contributed by atoms with Crippen molar-refractivity contribution in [1.29, 1.82) is 0 Å². The molecule has 108 valence electrons. The summed E-state index contributed by atoms with van der Waals surface area (Å²) in [6.07, 6.45) is 0. The maximum atomic E-state index is 13.5. The van der Waals surface area contributed by atoms with Crippen LogP contribution in [0.5, 0.6) is 0 Å². The summed E-state index contributed by atoms with van der Waals surface area (Å²) in [5.74, 6) is -0.546. The van der Waals surface area contributed by atoms with E-state index < -0.39 is 15.8 Å². The number of nitrogens with one attached hydrogen (secondary N) is 1. The van der Waals surface area contributed by atoms with Gasteiger partial charge in [0.2, 0.25) is 0 Å². The summed E-state index contributed by atoms with van der Waals surface area (Å²) in [7, 11) is -3.78. The maximum absolute atomic E-state index is 13.5. The van der Waals surface area contributed by atoms with Crippen molar-refractivity contribution in [2.45, 2.75) is 17.7 Å². The van der Waals surface area contributed by atoms with Gasteiger partial charge in [0.15, 0.2) is 0 Å². The van der Waals surface area contributed by atoms with Crippen molar-refractivity contribution >= 4 is 43.0 Å². The highest BCUT2D eigenvalue weighted by Crippen LogP contribution is 2.28. The lowest BCUT2D eigenvalue weighted by molar-refractivity contribution is 0.285. The Labute approximate surface area is 128 Å². The van der Waals surface area contributed by atoms with Crippen LogP contribution in [0.15, 0.2) is 32.9 Å². The number of aliphatic hydroxyl groups is 1. The molecule has 0 aliphatic heterocycles. The van der Waals surface area contributed by atoms with Gasteiger partial charge in [-0.05, 0) is 52.7 Å². The molecule has 0 spiro atoms. The van der Waals surface area contributed by atoms with Gasteiger partial charge >= 0.3 is 0 Å². The molecule has 0 unspecified atom stereocenters. The second-order valence-corrected chi connectivity index (χ2v) is 8.00. The van der Waals surface area contributed by atoms with Crippen LogP contribution in [0.4, 0.5) is 10.1 Å². The molecule has 0 saturated heterocycles. The number of rotatable bonds is 4. The number of anilines is 1. The number of halogens is 2. The normalized spacial score (nSPS) is 11.6. The fourth-order valence-electron chi connectivity index (χ4n) is 1.54. The Hall–Kier alpha value is -0.960. The lowest BCUT2D eigenvalue weighted by Gasteiger charge is -2.10. The Morgan fingerprint density at radius 3 is 2.70 bits per heavy atom. The molecule has 20 heavy (non-hydrogen) atoms. The quantitative estimate of drug-likeness (QED) is 0.856. The Morgan fingerprint density at radius 2 is 2.10 bits per heavy atom. The number of sulfonamides is 1. The predicted octanol–water partition coefficient (Wildman–Crippen LogP) is 3.25. The summed E-state index contributed by atoms with van der Waals surface area (Å²) < 4.78 is 40.5. The topological polar surface area (TPSA) is 66.4 Å². The summed E-state index contributed by atoms with van der Waals surface area (Å²) in [6.45, 7) is 1.46. The zero-order valence-electron chi connectivity index (χ0n) is 10.4. The summed E-state index contributed by atoms with van der Waals surface area (Å²) in [5.41, 5.74) is 0.783. The average molecular weight is 380 g/mol. The lowest BCUT2D eigenvalue weighted by Crippen LogP contribution is -2.12. The van der Waals surface area contributed by atoms with Crippen LogP contribution in [0.3, 0.4) is 0 Å². The molecule has 0 amide bonds. The Kier molecular flexibility index (Phi) is 4.48. The van der Waals surface area contributed by atoms with Crippen LogP contribution in [0, 0.1) is 12.7 Å². The molecule has 0 radical (unpaired) electrons. The first-order valence-electron chi connectivity index (χ1n) is 5.51. The van der Waals surface area contributed by atoms with Crippen molar-refractivity contribution in [3.8, 4) is 0 Å². The van der Waals surface area contributed by atoms with Gasteiger partial charge in [-0.3, -0.25) is 4.72 Å². The van der Waals surface area contributed by atoms with Crippen LogP contribution in [0.2, 0.25) is 0 Å². The van der Waals surface area contributed by atoms with Crippen molar-refractivity contribution in [2.75, 3.05) is 4.72 Å². The minimum absolute atomic E-state index is 0.0734. The molecule has 2 N–H and O–H groups in total. The molecule has 4 nitrogen and oxygen atoms in total. The molecular weight excluding hydrogens is 369 g/mol. The molecular formula is C12H11BrFNO3S2. The Morgan fingerprint density at radius 1 is 1.40 bits per heavy atom. The zero-order valence-corrected chi connectivity index (χ0v) is 13.6. The van der Waals surface area contributed by atoms with Crippen LogP contribution in [0.25, 0.3) is 0 Å². The summed E-state index contributed by atoms with van der Waals surface area (Å²) in [5, 5.41) is 8.96. The number of hydrogen-bond donors (Lipinski definition) is 2. The van der Waals surface area contributed by atoms with Gasteiger partial charge in [0, 0.05) is 4.88 Å². The molecule has 0 atom stereocenters. The molecule has 0 saturated carbocycles. The Bertz CT molecular complexity index is 743. The third kappa shape index (κ3) is 3.20. The lowest BCUT2D eigenvalue weighted by atomic mass is 10.2. The third-order valence-electron chi connectivity index (χ3n) is 2.57. The van der Waals surface area contributed by atoms with E-state index in [0.29, 0.717) is 10.4 Å². The first kappa shape index (κ1) is 15.4. The first-order chi connectivity index (χ1) is 9.33. The van der Waals surface area contributed by atoms with Crippen molar-refractivity contribution in [3.63, 3.8) is 0 Å². The molecule has 8 heteroatoms. The molecule has 1 aromatic carbocycles. The average Bonchev–Trinajstić information content (AvgIpc) is 2.85. The van der Waals surface area contributed by atoms with E-state index in [1.807, 2.05) is 0 Å². The fraction of sp³-hybridized carbons (Fsp3) is 0.167. The number of aryl methyl sites for hydroxylation is 1. The molecule has 0 fully saturated rings. The number of benzene rings is 1. The molecule has 1 aromatic heterocycles.